The number of carbonyl (C=O) groups excluding carboxylic acids is 1. The van der Waals surface area contributed by atoms with E-state index in [1.807, 2.05) is 4.90 Å². The van der Waals surface area contributed by atoms with Gasteiger partial charge in [-0.15, -0.1) is 0 Å². The smallest absolute Gasteiger partial charge is 0.317 e. The molecule has 148 valence electrons. The summed E-state index contributed by atoms with van der Waals surface area (Å²) in [6.45, 7) is 3.55. The van der Waals surface area contributed by atoms with Crippen LogP contribution in [0.3, 0.4) is 0 Å². The zero-order valence-corrected chi connectivity index (χ0v) is 16.0. The predicted molar refractivity (Wildman–Crippen MR) is 102 cm³/mol. The standard InChI is InChI=1S/C20H30N4O3/c25-19-12-16-4-1-2-6-18(16)22-24(19)14-15-7-9-23(10-8-15)20(26)21-13-17-5-3-11-27-17/h12,15,17H,1-11,13-14H2,(H,21,26). The van der Waals surface area contributed by atoms with Gasteiger partial charge < -0.3 is 15.0 Å². The van der Waals surface area contributed by atoms with Crippen molar-refractivity contribution in [1.29, 1.82) is 0 Å². The van der Waals surface area contributed by atoms with Gasteiger partial charge in [-0.05, 0) is 62.8 Å². The normalized spacial score (nSPS) is 23.3. The third-order valence-electron chi connectivity index (χ3n) is 6.11. The minimum Gasteiger partial charge on any atom is -0.376 e. The zero-order valence-electron chi connectivity index (χ0n) is 16.0. The number of nitrogens with zero attached hydrogens (tertiary/aromatic N) is 3. The van der Waals surface area contributed by atoms with E-state index >= 15 is 0 Å². The number of ether oxygens (including phenoxy) is 1. The number of hydrogen-bond acceptors (Lipinski definition) is 4. The second kappa shape index (κ2) is 8.42. The molecule has 1 atom stereocenters. The Morgan fingerprint density at radius 3 is 2.78 bits per heavy atom. The van der Waals surface area contributed by atoms with E-state index in [-0.39, 0.29) is 17.7 Å². The van der Waals surface area contributed by atoms with E-state index in [1.54, 1.807) is 10.7 Å². The molecule has 2 amide bonds. The Bertz CT molecular complexity index is 718. The van der Waals surface area contributed by atoms with Crippen LogP contribution < -0.4 is 10.9 Å². The lowest BCUT2D eigenvalue weighted by atomic mass is 9.96. The topological polar surface area (TPSA) is 76.5 Å². The van der Waals surface area contributed by atoms with E-state index in [1.165, 1.54) is 0 Å². The largest absolute Gasteiger partial charge is 0.376 e. The average molecular weight is 374 g/mol. The van der Waals surface area contributed by atoms with Crippen LogP contribution in [-0.4, -0.2) is 53.1 Å². The van der Waals surface area contributed by atoms with Gasteiger partial charge in [0.25, 0.3) is 5.56 Å². The van der Waals surface area contributed by atoms with Crippen molar-refractivity contribution in [1.82, 2.24) is 20.0 Å². The third kappa shape index (κ3) is 4.51. The maximum Gasteiger partial charge on any atom is 0.317 e. The lowest BCUT2D eigenvalue weighted by molar-refractivity contribution is 0.107. The van der Waals surface area contributed by atoms with E-state index in [0.717, 1.165) is 82.3 Å². The molecule has 27 heavy (non-hydrogen) atoms. The predicted octanol–water partition coefficient (Wildman–Crippen LogP) is 1.72. The summed E-state index contributed by atoms with van der Waals surface area (Å²) in [6.07, 6.45) is 8.41. The number of urea groups is 1. The number of carbonyl (C=O) groups is 1. The molecule has 2 fully saturated rings. The molecule has 4 rings (SSSR count). The van der Waals surface area contributed by atoms with Crippen molar-refractivity contribution >= 4 is 6.03 Å². The van der Waals surface area contributed by atoms with Crippen molar-refractivity contribution < 1.29 is 9.53 Å². The van der Waals surface area contributed by atoms with Crippen LogP contribution in [0.5, 0.6) is 0 Å². The van der Waals surface area contributed by atoms with Crippen LogP contribution in [0.25, 0.3) is 0 Å². The molecule has 1 aliphatic carbocycles. The second-order valence-electron chi connectivity index (χ2n) is 8.10. The van der Waals surface area contributed by atoms with Crippen molar-refractivity contribution in [2.24, 2.45) is 5.92 Å². The van der Waals surface area contributed by atoms with Gasteiger partial charge in [-0.1, -0.05) is 0 Å². The maximum atomic E-state index is 12.4. The molecule has 2 aliphatic heterocycles. The first kappa shape index (κ1) is 18.5. The highest BCUT2D eigenvalue weighted by Gasteiger charge is 2.25. The number of nitrogens with one attached hydrogen (secondary N) is 1. The van der Waals surface area contributed by atoms with Crippen LogP contribution in [0.4, 0.5) is 4.79 Å². The van der Waals surface area contributed by atoms with Crippen LogP contribution in [0.1, 0.15) is 49.8 Å². The van der Waals surface area contributed by atoms with Gasteiger partial charge in [-0.2, -0.15) is 5.10 Å². The summed E-state index contributed by atoms with van der Waals surface area (Å²) < 4.78 is 7.21. The summed E-state index contributed by atoms with van der Waals surface area (Å²) in [6, 6.07) is 1.79. The van der Waals surface area contributed by atoms with Crippen molar-refractivity contribution in [3.8, 4) is 0 Å². The highest BCUT2D eigenvalue weighted by molar-refractivity contribution is 5.74. The summed E-state index contributed by atoms with van der Waals surface area (Å²) in [5.41, 5.74) is 2.26. The van der Waals surface area contributed by atoms with E-state index in [9.17, 15) is 9.59 Å². The lowest BCUT2D eigenvalue weighted by Crippen LogP contribution is -2.47. The summed E-state index contributed by atoms with van der Waals surface area (Å²) in [7, 11) is 0. The van der Waals surface area contributed by atoms with E-state index in [0.29, 0.717) is 19.0 Å². The van der Waals surface area contributed by atoms with Gasteiger partial charge in [-0.3, -0.25) is 4.79 Å². The van der Waals surface area contributed by atoms with Crippen LogP contribution in [-0.2, 0) is 24.1 Å². The first-order chi connectivity index (χ1) is 13.2. The van der Waals surface area contributed by atoms with E-state index < -0.39 is 0 Å². The number of aryl methyl sites for hydroxylation is 2. The van der Waals surface area contributed by atoms with Gasteiger partial charge >= 0.3 is 6.03 Å². The molecule has 0 aromatic carbocycles. The first-order valence-electron chi connectivity index (χ1n) is 10.4. The Morgan fingerprint density at radius 1 is 1.19 bits per heavy atom. The quantitative estimate of drug-likeness (QED) is 0.871. The molecule has 1 N–H and O–H groups in total. The molecule has 7 nitrogen and oxygen atoms in total. The SMILES string of the molecule is O=C(NCC1CCCO1)N1CCC(Cn2nc3c(cc2=O)CCCC3)CC1. The van der Waals surface area contributed by atoms with Crippen molar-refractivity contribution in [3.05, 3.63) is 27.7 Å². The molecule has 3 aliphatic rings. The number of piperidine rings is 1. The monoisotopic (exact) mass is 374 g/mol. The van der Waals surface area contributed by atoms with Crippen molar-refractivity contribution in [3.63, 3.8) is 0 Å². The molecule has 7 heteroatoms. The fraction of sp³-hybridized carbons (Fsp3) is 0.750. The van der Waals surface area contributed by atoms with Crippen LogP contribution in [0.15, 0.2) is 10.9 Å². The molecule has 0 saturated carbocycles. The Balaban J connectivity index is 1.27. The number of rotatable bonds is 4. The Kier molecular flexibility index (Phi) is 5.76. The van der Waals surface area contributed by atoms with Gasteiger partial charge in [-0.25, -0.2) is 9.48 Å². The van der Waals surface area contributed by atoms with Crippen LogP contribution in [0.2, 0.25) is 0 Å². The lowest BCUT2D eigenvalue weighted by Gasteiger charge is -2.32. The van der Waals surface area contributed by atoms with E-state index in [4.69, 9.17) is 4.74 Å². The number of hydrogen-bond donors (Lipinski definition) is 1. The summed E-state index contributed by atoms with van der Waals surface area (Å²) in [5.74, 6) is 0.402. The number of likely N-dealkylation sites (tertiary alicyclic amines) is 1. The molecule has 0 spiro atoms. The molecule has 2 saturated heterocycles. The number of fused-ring (bicyclic) bond motifs is 1. The first-order valence-corrected chi connectivity index (χ1v) is 10.4. The second-order valence-corrected chi connectivity index (χ2v) is 8.10. The van der Waals surface area contributed by atoms with Gasteiger partial charge in [0.1, 0.15) is 0 Å². The highest BCUT2D eigenvalue weighted by atomic mass is 16.5. The van der Waals surface area contributed by atoms with Crippen LogP contribution >= 0.6 is 0 Å². The fourth-order valence-corrected chi connectivity index (χ4v) is 4.41. The summed E-state index contributed by atoms with van der Waals surface area (Å²) in [4.78, 5) is 26.6. The molecule has 3 heterocycles. The minimum atomic E-state index is 0.00743. The maximum absolute atomic E-state index is 12.4. The van der Waals surface area contributed by atoms with Gasteiger partial charge in [0, 0.05) is 38.9 Å². The Morgan fingerprint density at radius 2 is 2.00 bits per heavy atom. The van der Waals surface area contributed by atoms with Crippen molar-refractivity contribution in [2.45, 2.75) is 64.0 Å². The summed E-state index contributed by atoms with van der Waals surface area (Å²) in [5, 5.41) is 7.63. The molecule has 1 aromatic heterocycles. The highest BCUT2D eigenvalue weighted by Crippen LogP contribution is 2.20. The van der Waals surface area contributed by atoms with Gasteiger partial charge in [0.2, 0.25) is 0 Å². The molecule has 0 bridgehead atoms. The van der Waals surface area contributed by atoms with E-state index in [2.05, 4.69) is 10.4 Å². The molecular weight excluding hydrogens is 344 g/mol. The van der Waals surface area contributed by atoms with Crippen molar-refractivity contribution in [2.75, 3.05) is 26.2 Å². The zero-order chi connectivity index (χ0) is 18.6. The Hall–Kier alpha value is -1.89. The van der Waals surface area contributed by atoms with Crippen LogP contribution in [0, 0.1) is 5.92 Å². The summed E-state index contributed by atoms with van der Waals surface area (Å²) >= 11 is 0. The molecule has 0 radical (unpaired) electrons. The Labute approximate surface area is 160 Å². The molecule has 1 aromatic rings. The average Bonchev–Trinajstić information content (AvgIpc) is 3.21. The third-order valence-corrected chi connectivity index (χ3v) is 6.11. The molecule has 1 unspecified atom stereocenters. The number of amides is 2. The molecular formula is C20H30N4O3. The number of aromatic nitrogens is 2. The minimum absolute atomic E-state index is 0.00743. The van der Waals surface area contributed by atoms with Gasteiger partial charge in [0.15, 0.2) is 0 Å². The fourth-order valence-electron chi connectivity index (χ4n) is 4.41. The van der Waals surface area contributed by atoms with Gasteiger partial charge in [0.05, 0.1) is 11.8 Å².